The number of hydrogen-bond acceptors (Lipinski definition) is 1. The first-order valence-corrected chi connectivity index (χ1v) is 6.58. The minimum atomic E-state index is -0.745. The zero-order chi connectivity index (χ0) is 11.3. The highest BCUT2D eigenvalue weighted by molar-refractivity contribution is 5.85. The summed E-state index contributed by atoms with van der Waals surface area (Å²) in [7, 11) is 0. The quantitative estimate of drug-likeness (QED) is 0.726. The van der Waals surface area contributed by atoms with Gasteiger partial charge in [-0.05, 0) is 62.2 Å². The monoisotopic (exact) mass is 220 g/mol. The molecule has 0 spiro atoms. The Morgan fingerprint density at radius 1 is 1.19 bits per heavy atom. The third kappa shape index (κ3) is 1.42. The Morgan fingerprint density at radius 3 is 2.69 bits per heavy atom. The van der Waals surface area contributed by atoms with Crippen molar-refractivity contribution < 1.29 is 9.90 Å². The first kappa shape index (κ1) is 10.4. The molecule has 1 N–H and O–H groups in total. The summed E-state index contributed by atoms with van der Waals surface area (Å²) in [4.78, 5) is 10.9. The first-order chi connectivity index (χ1) is 7.66. The highest BCUT2D eigenvalue weighted by Gasteiger charge is 2.52. The van der Waals surface area contributed by atoms with Crippen molar-refractivity contribution in [2.75, 3.05) is 0 Å². The van der Waals surface area contributed by atoms with Gasteiger partial charge in [0.05, 0.1) is 0 Å². The summed E-state index contributed by atoms with van der Waals surface area (Å²) in [6.07, 6.45) is 8.94. The molecule has 0 aromatic carbocycles. The number of carboxylic acid groups (broad SMARTS) is 1. The average Bonchev–Trinajstić information content (AvgIpc) is 2.87. The molecule has 5 unspecified atom stereocenters. The van der Waals surface area contributed by atoms with Crippen molar-refractivity contribution in [3.63, 3.8) is 0 Å². The van der Waals surface area contributed by atoms with Crippen LogP contribution in [0.15, 0.2) is 11.6 Å². The Bertz CT molecular complexity index is 345. The molecule has 0 heterocycles. The summed E-state index contributed by atoms with van der Waals surface area (Å²) < 4.78 is 0. The maximum Gasteiger partial charge on any atom is 0.330 e. The summed E-state index contributed by atoms with van der Waals surface area (Å²) in [5.41, 5.74) is 0.548. The fraction of sp³-hybridized carbons (Fsp3) is 0.786. The van der Waals surface area contributed by atoms with Crippen LogP contribution < -0.4 is 0 Å². The predicted molar refractivity (Wildman–Crippen MR) is 61.9 cm³/mol. The van der Waals surface area contributed by atoms with Crippen molar-refractivity contribution in [3.8, 4) is 0 Å². The smallest absolute Gasteiger partial charge is 0.330 e. The lowest BCUT2D eigenvalue weighted by Crippen LogP contribution is -2.23. The number of aliphatic carboxylic acids is 1. The Balaban J connectivity index is 1.77. The van der Waals surface area contributed by atoms with Gasteiger partial charge in [0.25, 0.3) is 0 Å². The number of allylic oxidation sites excluding steroid dienone is 1. The van der Waals surface area contributed by atoms with Gasteiger partial charge < -0.3 is 5.11 Å². The lowest BCUT2D eigenvalue weighted by Gasteiger charge is -2.30. The number of carbonyl (C=O) groups is 1. The second-order valence-corrected chi connectivity index (χ2v) is 5.97. The third-order valence-corrected chi connectivity index (χ3v) is 5.28. The summed E-state index contributed by atoms with van der Waals surface area (Å²) >= 11 is 0. The van der Waals surface area contributed by atoms with E-state index in [-0.39, 0.29) is 0 Å². The minimum absolute atomic E-state index is 0.548. The van der Waals surface area contributed by atoms with Crippen molar-refractivity contribution in [3.05, 3.63) is 11.6 Å². The maximum absolute atomic E-state index is 10.9. The van der Waals surface area contributed by atoms with Crippen LogP contribution in [0, 0.1) is 29.6 Å². The molecule has 3 rings (SSSR count). The number of fused-ring (bicyclic) bond motifs is 5. The van der Waals surface area contributed by atoms with Crippen molar-refractivity contribution >= 4 is 5.97 Å². The van der Waals surface area contributed by atoms with Gasteiger partial charge in [0, 0.05) is 5.57 Å². The van der Waals surface area contributed by atoms with Crippen molar-refractivity contribution in [2.24, 2.45) is 29.6 Å². The topological polar surface area (TPSA) is 37.3 Å². The van der Waals surface area contributed by atoms with E-state index in [9.17, 15) is 4.79 Å². The fourth-order valence-electron chi connectivity index (χ4n) is 4.71. The molecular weight excluding hydrogens is 200 g/mol. The molecule has 2 nitrogen and oxygen atoms in total. The van der Waals surface area contributed by atoms with Crippen molar-refractivity contribution in [1.29, 1.82) is 0 Å². The molecule has 16 heavy (non-hydrogen) atoms. The van der Waals surface area contributed by atoms with E-state index < -0.39 is 5.97 Å². The average molecular weight is 220 g/mol. The molecule has 5 atom stereocenters. The van der Waals surface area contributed by atoms with Gasteiger partial charge in [0.1, 0.15) is 0 Å². The Hall–Kier alpha value is -0.790. The number of hydrogen-bond donors (Lipinski definition) is 1. The molecule has 0 aromatic heterocycles. The van der Waals surface area contributed by atoms with Crippen LogP contribution >= 0.6 is 0 Å². The molecule has 0 saturated heterocycles. The van der Waals surface area contributed by atoms with Crippen LogP contribution in [-0.2, 0) is 4.79 Å². The van der Waals surface area contributed by atoms with Gasteiger partial charge in [0.15, 0.2) is 0 Å². The van der Waals surface area contributed by atoms with Gasteiger partial charge >= 0.3 is 5.97 Å². The highest BCUT2D eigenvalue weighted by Crippen LogP contribution is 2.61. The third-order valence-electron chi connectivity index (χ3n) is 5.28. The van der Waals surface area contributed by atoms with Crippen LogP contribution in [0.4, 0.5) is 0 Å². The molecule has 88 valence electrons. The first-order valence-electron chi connectivity index (χ1n) is 6.58. The van der Waals surface area contributed by atoms with Gasteiger partial charge in [-0.15, -0.1) is 0 Å². The zero-order valence-electron chi connectivity index (χ0n) is 9.86. The van der Waals surface area contributed by atoms with Gasteiger partial charge in [-0.25, -0.2) is 4.79 Å². The van der Waals surface area contributed by atoms with E-state index in [4.69, 9.17) is 5.11 Å². The number of carboxylic acids is 1. The fourth-order valence-corrected chi connectivity index (χ4v) is 4.71. The van der Waals surface area contributed by atoms with Crippen LogP contribution in [0.5, 0.6) is 0 Å². The molecule has 2 bridgehead atoms. The highest BCUT2D eigenvalue weighted by atomic mass is 16.4. The van der Waals surface area contributed by atoms with E-state index in [0.29, 0.717) is 11.5 Å². The van der Waals surface area contributed by atoms with E-state index in [0.717, 1.165) is 23.7 Å². The normalized spacial score (nSPS) is 46.1. The summed E-state index contributed by atoms with van der Waals surface area (Å²) in [6, 6.07) is 0. The molecule has 0 aromatic rings. The summed E-state index contributed by atoms with van der Waals surface area (Å²) in [6.45, 7) is 1.74. The van der Waals surface area contributed by atoms with Gasteiger partial charge in [-0.2, -0.15) is 0 Å². The standard InChI is InChI=1S/C14H20O2/c1-8(14(15)16)5-9-6-10-7-13(9)12-4-2-3-11(10)12/h5,9-13H,2-4,6-7H2,1H3,(H,15,16)/b8-5+. The lowest BCUT2D eigenvalue weighted by atomic mass is 9.75. The molecule has 3 saturated carbocycles. The second-order valence-electron chi connectivity index (χ2n) is 5.97. The lowest BCUT2D eigenvalue weighted by molar-refractivity contribution is -0.132. The van der Waals surface area contributed by atoms with Crippen LogP contribution in [0.1, 0.15) is 39.0 Å². The van der Waals surface area contributed by atoms with Gasteiger partial charge in [-0.1, -0.05) is 12.5 Å². The van der Waals surface area contributed by atoms with Gasteiger partial charge in [-0.3, -0.25) is 0 Å². The van der Waals surface area contributed by atoms with E-state index in [1.165, 1.54) is 32.1 Å². The van der Waals surface area contributed by atoms with E-state index >= 15 is 0 Å². The number of rotatable bonds is 2. The Morgan fingerprint density at radius 2 is 1.94 bits per heavy atom. The van der Waals surface area contributed by atoms with Crippen LogP contribution in [0.25, 0.3) is 0 Å². The van der Waals surface area contributed by atoms with Crippen molar-refractivity contribution in [1.82, 2.24) is 0 Å². The maximum atomic E-state index is 10.9. The molecular formula is C14H20O2. The van der Waals surface area contributed by atoms with Crippen LogP contribution in [0.3, 0.4) is 0 Å². The van der Waals surface area contributed by atoms with E-state index in [1.54, 1.807) is 6.92 Å². The molecule has 3 aliphatic carbocycles. The minimum Gasteiger partial charge on any atom is -0.478 e. The Kier molecular flexibility index (Phi) is 2.34. The largest absolute Gasteiger partial charge is 0.478 e. The van der Waals surface area contributed by atoms with Crippen LogP contribution in [-0.4, -0.2) is 11.1 Å². The van der Waals surface area contributed by atoms with Crippen LogP contribution in [0.2, 0.25) is 0 Å². The summed E-state index contributed by atoms with van der Waals surface area (Å²) in [5.74, 6) is 3.49. The second kappa shape index (κ2) is 3.61. The molecule has 0 radical (unpaired) electrons. The molecule has 0 amide bonds. The predicted octanol–water partition coefficient (Wildman–Crippen LogP) is 3.09. The molecule has 0 aliphatic heterocycles. The van der Waals surface area contributed by atoms with E-state index in [2.05, 4.69) is 0 Å². The molecule has 2 heteroatoms. The summed E-state index contributed by atoms with van der Waals surface area (Å²) in [5, 5.41) is 8.93. The molecule has 3 aliphatic rings. The van der Waals surface area contributed by atoms with E-state index in [1.807, 2.05) is 6.08 Å². The Labute approximate surface area is 96.7 Å². The molecule has 3 fully saturated rings. The van der Waals surface area contributed by atoms with Gasteiger partial charge in [0.2, 0.25) is 0 Å². The van der Waals surface area contributed by atoms with Crippen molar-refractivity contribution in [2.45, 2.75) is 39.0 Å². The SMILES string of the molecule is C/C(=C\C1CC2CC1C1CCCC21)C(=O)O. The zero-order valence-corrected chi connectivity index (χ0v) is 9.86.